The average Bonchev–Trinajstić information content (AvgIpc) is 2.71. The maximum absolute atomic E-state index is 10.8. The third-order valence-corrected chi connectivity index (χ3v) is 2.08. The van der Waals surface area contributed by atoms with Gasteiger partial charge in [-0.15, -0.1) is 5.10 Å². The number of rotatable bonds is 3. The van der Waals surface area contributed by atoms with Crippen LogP contribution in [0.2, 0.25) is 0 Å². The van der Waals surface area contributed by atoms with Crippen LogP contribution in [-0.4, -0.2) is 40.6 Å². The summed E-state index contributed by atoms with van der Waals surface area (Å²) in [4.78, 5) is 10.8. The molecule has 0 amide bonds. The van der Waals surface area contributed by atoms with Gasteiger partial charge >= 0.3 is 5.97 Å². The molecular formula is C9H10N2O4. The van der Waals surface area contributed by atoms with Gasteiger partial charge in [0.2, 0.25) is 5.88 Å². The first kappa shape index (κ1) is 9.85. The van der Waals surface area contributed by atoms with Crippen LogP contribution in [0.4, 0.5) is 0 Å². The first-order valence-corrected chi connectivity index (χ1v) is 4.57. The van der Waals surface area contributed by atoms with Crippen molar-refractivity contribution in [2.24, 2.45) is 0 Å². The number of carboxylic acid groups (broad SMARTS) is 1. The van der Waals surface area contributed by atoms with Gasteiger partial charge in [0.25, 0.3) is 0 Å². The lowest BCUT2D eigenvalue weighted by Crippen LogP contribution is -2.18. The highest BCUT2D eigenvalue weighted by atomic mass is 16.6. The second-order valence-electron chi connectivity index (χ2n) is 3.16. The molecule has 0 saturated carbocycles. The van der Waals surface area contributed by atoms with E-state index in [4.69, 9.17) is 14.6 Å². The van der Waals surface area contributed by atoms with E-state index in [1.807, 2.05) is 0 Å². The Kier molecular flexibility index (Phi) is 2.77. The molecule has 1 saturated heterocycles. The quantitative estimate of drug-likeness (QED) is 0.774. The molecule has 1 unspecified atom stereocenters. The molecule has 0 aliphatic carbocycles. The van der Waals surface area contributed by atoms with E-state index in [9.17, 15) is 4.79 Å². The van der Waals surface area contributed by atoms with Crippen molar-refractivity contribution in [3.05, 3.63) is 17.8 Å². The monoisotopic (exact) mass is 210 g/mol. The Labute approximate surface area is 85.8 Å². The molecule has 1 fully saturated rings. The fourth-order valence-corrected chi connectivity index (χ4v) is 1.33. The van der Waals surface area contributed by atoms with Gasteiger partial charge in [-0.3, -0.25) is 0 Å². The van der Waals surface area contributed by atoms with Gasteiger partial charge in [-0.25, -0.2) is 4.79 Å². The second kappa shape index (κ2) is 4.22. The van der Waals surface area contributed by atoms with Gasteiger partial charge in [-0.2, -0.15) is 5.10 Å². The number of nitrogens with zero attached hydrogens (tertiary/aromatic N) is 2. The summed E-state index contributed by atoms with van der Waals surface area (Å²) in [6, 6.07) is 1.36. The van der Waals surface area contributed by atoms with Crippen molar-refractivity contribution in [3.8, 4) is 5.88 Å². The van der Waals surface area contributed by atoms with Gasteiger partial charge in [0, 0.05) is 6.42 Å². The summed E-state index contributed by atoms with van der Waals surface area (Å²) in [7, 11) is 0. The third kappa shape index (κ3) is 2.21. The van der Waals surface area contributed by atoms with Gasteiger partial charge in [-0.05, 0) is 6.07 Å². The van der Waals surface area contributed by atoms with Crippen LogP contribution in [0, 0.1) is 0 Å². The first-order chi connectivity index (χ1) is 7.27. The van der Waals surface area contributed by atoms with Crippen LogP contribution in [0.5, 0.6) is 5.88 Å². The van der Waals surface area contributed by atoms with Crippen molar-refractivity contribution < 1.29 is 19.4 Å². The van der Waals surface area contributed by atoms with Gasteiger partial charge in [0.15, 0.2) is 0 Å². The van der Waals surface area contributed by atoms with Crippen molar-refractivity contribution in [3.63, 3.8) is 0 Å². The first-order valence-electron chi connectivity index (χ1n) is 4.57. The molecule has 1 aromatic heterocycles. The lowest BCUT2D eigenvalue weighted by Gasteiger charge is -2.11. The van der Waals surface area contributed by atoms with Crippen molar-refractivity contribution in [1.29, 1.82) is 0 Å². The van der Waals surface area contributed by atoms with Crippen LogP contribution in [0.15, 0.2) is 12.3 Å². The minimum absolute atomic E-state index is 0.0249. The Bertz CT molecular complexity index is 363. The SMILES string of the molecule is O=C(O)c1ccnnc1OC1CCOC1. The average molecular weight is 210 g/mol. The summed E-state index contributed by atoms with van der Waals surface area (Å²) in [6.45, 7) is 1.10. The molecule has 1 aromatic rings. The zero-order valence-electron chi connectivity index (χ0n) is 7.92. The number of carbonyl (C=O) groups is 1. The molecule has 80 valence electrons. The number of hydrogen-bond acceptors (Lipinski definition) is 5. The van der Waals surface area contributed by atoms with E-state index < -0.39 is 5.97 Å². The third-order valence-electron chi connectivity index (χ3n) is 2.08. The van der Waals surface area contributed by atoms with E-state index in [1.165, 1.54) is 12.3 Å². The fourth-order valence-electron chi connectivity index (χ4n) is 1.33. The molecule has 6 heteroatoms. The number of carboxylic acids is 1. The van der Waals surface area contributed by atoms with Gasteiger partial charge < -0.3 is 14.6 Å². The maximum Gasteiger partial charge on any atom is 0.341 e. The van der Waals surface area contributed by atoms with Crippen LogP contribution < -0.4 is 4.74 Å². The van der Waals surface area contributed by atoms with Crippen LogP contribution in [-0.2, 0) is 4.74 Å². The van der Waals surface area contributed by atoms with Crippen molar-refractivity contribution in [1.82, 2.24) is 10.2 Å². The Morgan fingerprint density at radius 2 is 2.53 bits per heavy atom. The number of ether oxygens (including phenoxy) is 2. The second-order valence-corrected chi connectivity index (χ2v) is 3.16. The molecule has 0 spiro atoms. The summed E-state index contributed by atoms with van der Waals surface area (Å²) < 4.78 is 10.5. The summed E-state index contributed by atoms with van der Waals surface area (Å²) in [5, 5.41) is 16.1. The predicted octanol–water partition coefficient (Wildman–Crippen LogP) is 0.343. The van der Waals surface area contributed by atoms with E-state index in [0.717, 1.165) is 6.42 Å². The summed E-state index contributed by atoms with van der Waals surface area (Å²) >= 11 is 0. The summed E-state index contributed by atoms with van der Waals surface area (Å²) in [5.41, 5.74) is 0.0249. The lowest BCUT2D eigenvalue weighted by molar-refractivity contribution is 0.0684. The van der Waals surface area contributed by atoms with E-state index in [2.05, 4.69) is 10.2 Å². The molecule has 1 N–H and O–H groups in total. The minimum atomic E-state index is -1.07. The molecule has 2 rings (SSSR count). The highest BCUT2D eigenvalue weighted by Crippen LogP contribution is 2.17. The van der Waals surface area contributed by atoms with Crippen LogP contribution in [0.25, 0.3) is 0 Å². The summed E-state index contributed by atoms with van der Waals surface area (Å²) in [6.07, 6.45) is 1.94. The van der Waals surface area contributed by atoms with Gasteiger partial charge in [0.05, 0.1) is 19.4 Å². The molecule has 6 nitrogen and oxygen atoms in total. The van der Waals surface area contributed by atoms with Crippen molar-refractivity contribution >= 4 is 5.97 Å². The number of aromatic nitrogens is 2. The zero-order valence-corrected chi connectivity index (χ0v) is 7.92. The highest BCUT2D eigenvalue weighted by molar-refractivity contribution is 5.89. The Morgan fingerprint density at radius 1 is 1.67 bits per heavy atom. The summed E-state index contributed by atoms with van der Waals surface area (Å²) in [5.74, 6) is -1.01. The molecule has 1 aliphatic heterocycles. The topological polar surface area (TPSA) is 81.5 Å². The smallest absolute Gasteiger partial charge is 0.341 e. The van der Waals surface area contributed by atoms with E-state index in [1.54, 1.807) is 0 Å². The van der Waals surface area contributed by atoms with Crippen LogP contribution in [0.3, 0.4) is 0 Å². The van der Waals surface area contributed by atoms with Crippen molar-refractivity contribution in [2.45, 2.75) is 12.5 Å². The van der Waals surface area contributed by atoms with E-state index >= 15 is 0 Å². The standard InChI is InChI=1S/C9H10N2O4/c12-9(13)7-1-3-10-11-8(7)15-6-2-4-14-5-6/h1,3,6H,2,4-5H2,(H,12,13). The maximum atomic E-state index is 10.8. The van der Waals surface area contributed by atoms with E-state index in [0.29, 0.717) is 13.2 Å². The highest BCUT2D eigenvalue weighted by Gasteiger charge is 2.21. The molecule has 2 heterocycles. The largest absolute Gasteiger partial charge is 0.477 e. The van der Waals surface area contributed by atoms with E-state index in [-0.39, 0.29) is 17.5 Å². The molecule has 1 aliphatic rings. The number of aromatic carboxylic acids is 1. The zero-order chi connectivity index (χ0) is 10.7. The van der Waals surface area contributed by atoms with Crippen LogP contribution in [0.1, 0.15) is 16.8 Å². The predicted molar refractivity (Wildman–Crippen MR) is 48.8 cm³/mol. The van der Waals surface area contributed by atoms with Crippen LogP contribution >= 0.6 is 0 Å². The Morgan fingerprint density at radius 3 is 3.20 bits per heavy atom. The molecule has 1 atom stereocenters. The Hall–Kier alpha value is -1.69. The minimum Gasteiger partial charge on any atom is -0.477 e. The molecular weight excluding hydrogens is 200 g/mol. The molecule has 15 heavy (non-hydrogen) atoms. The lowest BCUT2D eigenvalue weighted by atomic mass is 10.3. The van der Waals surface area contributed by atoms with Gasteiger partial charge in [0.1, 0.15) is 11.7 Å². The number of hydrogen-bond donors (Lipinski definition) is 1. The molecule has 0 bridgehead atoms. The van der Waals surface area contributed by atoms with Gasteiger partial charge in [-0.1, -0.05) is 0 Å². The molecule has 0 aromatic carbocycles. The molecule has 0 radical (unpaired) electrons. The normalized spacial score (nSPS) is 20.1. The fraction of sp³-hybridized carbons (Fsp3) is 0.444. The Balaban J connectivity index is 2.15. The van der Waals surface area contributed by atoms with Crippen molar-refractivity contribution in [2.75, 3.05) is 13.2 Å².